The predicted molar refractivity (Wildman–Crippen MR) is 67.2 cm³/mol. The third-order valence-corrected chi connectivity index (χ3v) is 3.41. The number of rotatable bonds is 4. The van der Waals surface area contributed by atoms with Crippen LogP contribution in [0.15, 0.2) is 18.2 Å². The number of halogens is 1. The van der Waals surface area contributed by atoms with E-state index < -0.39 is 0 Å². The van der Waals surface area contributed by atoms with Crippen molar-refractivity contribution in [1.82, 2.24) is 5.32 Å². The standard InChI is InChI=1S/C13H18ClNO/c1-3-10(4-2)15-12-8-16-13-6-5-9(14)7-11(12)13/h5-7,10,12,15H,3-4,8H2,1-2H3. The maximum absolute atomic E-state index is 6.01. The summed E-state index contributed by atoms with van der Waals surface area (Å²) in [4.78, 5) is 0. The molecule has 0 spiro atoms. The number of ether oxygens (including phenoxy) is 1. The van der Waals surface area contributed by atoms with Crippen LogP contribution in [-0.2, 0) is 0 Å². The Morgan fingerprint density at radius 1 is 1.44 bits per heavy atom. The molecule has 3 heteroatoms. The first kappa shape index (κ1) is 11.7. The molecule has 1 aliphatic rings. The SMILES string of the molecule is CCC(CC)NC1COc2ccc(Cl)cc21. The van der Waals surface area contributed by atoms with Crippen LogP contribution in [-0.4, -0.2) is 12.6 Å². The van der Waals surface area contributed by atoms with Gasteiger partial charge in [0.25, 0.3) is 0 Å². The summed E-state index contributed by atoms with van der Waals surface area (Å²) in [6, 6.07) is 6.67. The van der Waals surface area contributed by atoms with Gasteiger partial charge in [0.2, 0.25) is 0 Å². The molecule has 0 saturated carbocycles. The minimum absolute atomic E-state index is 0.290. The van der Waals surface area contributed by atoms with Gasteiger partial charge in [-0.2, -0.15) is 0 Å². The number of nitrogens with one attached hydrogen (secondary N) is 1. The van der Waals surface area contributed by atoms with E-state index in [0.717, 1.165) is 23.6 Å². The molecule has 0 fully saturated rings. The topological polar surface area (TPSA) is 21.3 Å². The Morgan fingerprint density at radius 2 is 2.19 bits per heavy atom. The maximum Gasteiger partial charge on any atom is 0.124 e. The first-order valence-electron chi connectivity index (χ1n) is 5.92. The monoisotopic (exact) mass is 239 g/mol. The summed E-state index contributed by atoms with van der Waals surface area (Å²) in [7, 11) is 0. The van der Waals surface area contributed by atoms with Crippen LogP contribution < -0.4 is 10.1 Å². The first-order valence-corrected chi connectivity index (χ1v) is 6.30. The van der Waals surface area contributed by atoms with Crippen LogP contribution in [0, 0.1) is 0 Å². The molecule has 1 N–H and O–H groups in total. The van der Waals surface area contributed by atoms with Gasteiger partial charge in [0, 0.05) is 16.6 Å². The van der Waals surface area contributed by atoms with Gasteiger partial charge in [-0.05, 0) is 31.0 Å². The van der Waals surface area contributed by atoms with Gasteiger partial charge in [-0.1, -0.05) is 25.4 Å². The average molecular weight is 240 g/mol. The van der Waals surface area contributed by atoms with Crippen LogP contribution in [0.3, 0.4) is 0 Å². The van der Waals surface area contributed by atoms with E-state index in [4.69, 9.17) is 16.3 Å². The van der Waals surface area contributed by atoms with E-state index in [9.17, 15) is 0 Å². The second kappa shape index (κ2) is 5.07. The highest BCUT2D eigenvalue weighted by Gasteiger charge is 2.25. The average Bonchev–Trinajstić information content (AvgIpc) is 2.68. The summed E-state index contributed by atoms with van der Waals surface area (Å²) in [6.07, 6.45) is 2.28. The van der Waals surface area contributed by atoms with Crippen LogP contribution in [0.4, 0.5) is 0 Å². The molecule has 0 aromatic heterocycles. The number of hydrogen-bond donors (Lipinski definition) is 1. The fourth-order valence-electron chi connectivity index (χ4n) is 2.13. The zero-order valence-electron chi connectivity index (χ0n) is 9.79. The highest BCUT2D eigenvalue weighted by atomic mass is 35.5. The lowest BCUT2D eigenvalue weighted by Gasteiger charge is -2.19. The van der Waals surface area contributed by atoms with Gasteiger partial charge >= 0.3 is 0 Å². The van der Waals surface area contributed by atoms with Crippen molar-refractivity contribution in [2.45, 2.75) is 38.8 Å². The third-order valence-electron chi connectivity index (χ3n) is 3.18. The molecular formula is C13H18ClNO. The van der Waals surface area contributed by atoms with Crippen molar-refractivity contribution in [3.8, 4) is 5.75 Å². The van der Waals surface area contributed by atoms with Gasteiger partial charge < -0.3 is 10.1 Å². The van der Waals surface area contributed by atoms with Gasteiger partial charge in [-0.3, -0.25) is 0 Å². The molecule has 2 rings (SSSR count). The molecule has 1 aromatic rings. The van der Waals surface area contributed by atoms with Crippen LogP contribution in [0.2, 0.25) is 5.02 Å². The molecule has 88 valence electrons. The minimum Gasteiger partial charge on any atom is -0.491 e. The molecule has 0 amide bonds. The van der Waals surface area contributed by atoms with Crippen LogP contribution in [0.1, 0.15) is 38.3 Å². The van der Waals surface area contributed by atoms with E-state index in [1.807, 2.05) is 18.2 Å². The Hall–Kier alpha value is -0.730. The number of benzene rings is 1. The second-order valence-corrected chi connectivity index (χ2v) is 4.66. The number of fused-ring (bicyclic) bond motifs is 1. The van der Waals surface area contributed by atoms with E-state index >= 15 is 0 Å². The van der Waals surface area contributed by atoms with E-state index in [-0.39, 0.29) is 0 Å². The molecule has 0 radical (unpaired) electrons. The molecule has 1 heterocycles. The molecule has 1 unspecified atom stereocenters. The maximum atomic E-state index is 6.01. The lowest BCUT2D eigenvalue weighted by Crippen LogP contribution is -2.32. The Kier molecular flexibility index (Phi) is 3.72. The van der Waals surface area contributed by atoms with Crippen molar-refractivity contribution >= 4 is 11.6 Å². The molecule has 0 saturated heterocycles. The Bertz CT molecular complexity index is 363. The molecule has 2 nitrogen and oxygen atoms in total. The van der Waals surface area contributed by atoms with Crippen molar-refractivity contribution in [3.05, 3.63) is 28.8 Å². The lowest BCUT2D eigenvalue weighted by molar-refractivity contribution is 0.293. The van der Waals surface area contributed by atoms with E-state index in [1.165, 1.54) is 5.56 Å². The van der Waals surface area contributed by atoms with Crippen molar-refractivity contribution in [1.29, 1.82) is 0 Å². The lowest BCUT2D eigenvalue weighted by atomic mass is 10.1. The minimum atomic E-state index is 0.290. The van der Waals surface area contributed by atoms with Gasteiger partial charge in [0.1, 0.15) is 12.4 Å². The Morgan fingerprint density at radius 3 is 2.88 bits per heavy atom. The van der Waals surface area contributed by atoms with Crippen molar-refractivity contribution < 1.29 is 4.74 Å². The fraction of sp³-hybridized carbons (Fsp3) is 0.538. The fourth-order valence-corrected chi connectivity index (χ4v) is 2.31. The zero-order chi connectivity index (χ0) is 11.5. The summed E-state index contributed by atoms with van der Waals surface area (Å²) >= 11 is 6.01. The summed E-state index contributed by atoms with van der Waals surface area (Å²) in [5.41, 5.74) is 1.19. The Balaban J connectivity index is 2.13. The predicted octanol–water partition coefficient (Wildman–Crippen LogP) is 3.55. The van der Waals surface area contributed by atoms with E-state index in [0.29, 0.717) is 18.7 Å². The molecule has 16 heavy (non-hydrogen) atoms. The molecule has 1 aliphatic heterocycles. The smallest absolute Gasteiger partial charge is 0.124 e. The van der Waals surface area contributed by atoms with Crippen LogP contribution >= 0.6 is 11.6 Å². The first-order chi connectivity index (χ1) is 7.74. The van der Waals surface area contributed by atoms with Gasteiger partial charge in [0.05, 0.1) is 6.04 Å². The molecule has 1 atom stereocenters. The summed E-state index contributed by atoms with van der Waals surface area (Å²) < 4.78 is 5.63. The van der Waals surface area contributed by atoms with E-state index in [2.05, 4.69) is 19.2 Å². The second-order valence-electron chi connectivity index (χ2n) is 4.23. The molecule has 1 aromatic carbocycles. The van der Waals surface area contributed by atoms with Gasteiger partial charge in [-0.25, -0.2) is 0 Å². The van der Waals surface area contributed by atoms with Crippen LogP contribution in [0.5, 0.6) is 5.75 Å². The molecule has 0 bridgehead atoms. The Labute approximate surface area is 102 Å². The van der Waals surface area contributed by atoms with E-state index in [1.54, 1.807) is 0 Å². The summed E-state index contributed by atoms with van der Waals surface area (Å²) in [5.74, 6) is 0.966. The van der Waals surface area contributed by atoms with Crippen molar-refractivity contribution in [3.63, 3.8) is 0 Å². The summed E-state index contributed by atoms with van der Waals surface area (Å²) in [6.45, 7) is 5.12. The van der Waals surface area contributed by atoms with Crippen molar-refractivity contribution in [2.75, 3.05) is 6.61 Å². The normalized spacial score (nSPS) is 18.6. The highest BCUT2D eigenvalue weighted by molar-refractivity contribution is 6.30. The highest BCUT2D eigenvalue weighted by Crippen LogP contribution is 2.34. The summed E-state index contributed by atoms with van der Waals surface area (Å²) in [5, 5.41) is 4.39. The molecule has 0 aliphatic carbocycles. The van der Waals surface area contributed by atoms with Crippen LogP contribution in [0.25, 0.3) is 0 Å². The zero-order valence-corrected chi connectivity index (χ0v) is 10.6. The quantitative estimate of drug-likeness (QED) is 0.868. The van der Waals surface area contributed by atoms with Gasteiger partial charge in [-0.15, -0.1) is 0 Å². The largest absolute Gasteiger partial charge is 0.491 e. The van der Waals surface area contributed by atoms with Crippen molar-refractivity contribution in [2.24, 2.45) is 0 Å². The molecular weight excluding hydrogens is 222 g/mol. The van der Waals surface area contributed by atoms with Gasteiger partial charge in [0.15, 0.2) is 0 Å². The third kappa shape index (κ3) is 2.33. The number of hydrogen-bond acceptors (Lipinski definition) is 2.